The fourth-order valence-electron chi connectivity index (χ4n) is 2.32. The van der Waals surface area contributed by atoms with E-state index >= 15 is 0 Å². The lowest BCUT2D eigenvalue weighted by Crippen LogP contribution is -2.32. The molecule has 19 heavy (non-hydrogen) atoms. The Balaban J connectivity index is 2.04. The monoisotopic (exact) mass is 282 g/mol. The lowest BCUT2D eigenvalue weighted by Gasteiger charge is -2.29. The summed E-state index contributed by atoms with van der Waals surface area (Å²) in [6.07, 6.45) is 2.52. The minimum Gasteiger partial charge on any atom is -0.383 e. The molecule has 5 nitrogen and oxygen atoms in total. The fraction of sp³-hybridized carbons (Fsp3) is 0.692. The van der Waals surface area contributed by atoms with E-state index in [2.05, 4.69) is 16.8 Å². The van der Waals surface area contributed by atoms with Crippen LogP contribution in [0.4, 0.5) is 0 Å². The van der Waals surface area contributed by atoms with Crippen LogP contribution in [0.15, 0.2) is 0 Å². The molecule has 106 valence electrons. The van der Waals surface area contributed by atoms with Crippen LogP contribution in [0.25, 0.3) is 0 Å². The van der Waals surface area contributed by atoms with Crippen LogP contribution in [0, 0.1) is 11.3 Å². The van der Waals surface area contributed by atoms with Crippen LogP contribution >= 0.6 is 11.3 Å². The Labute approximate surface area is 118 Å². The highest BCUT2D eigenvalue weighted by Gasteiger charge is 2.19. The van der Waals surface area contributed by atoms with Gasteiger partial charge in [-0.2, -0.15) is 0 Å². The zero-order valence-electron chi connectivity index (χ0n) is 11.6. The standard InChI is InChI=1S/C13H22N4OS/c1-9-3-5-17(6-4-9)7-11-16-10(8-18-2)12(19-11)13(14)15/h9H,3-8H2,1-2H3,(H3,14,15). The third-order valence-corrected chi connectivity index (χ3v) is 4.62. The number of ether oxygens (including phenoxy) is 1. The Bertz CT molecular complexity index is 438. The first-order chi connectivity index (χ1) is 9.10. The van der Waals surface area contributed by atoms with Crippen molar-refractivity contribution in [2.75, 3.05) is 20.2 Å². The molecule has 0 aromatic carbocycles. The molecule has 2 rings (SSSR count). The Morgan fingerprint density at radius 2 is 2.21 bits per heavy atom. The van der Waals surface area contributed by atoms with Crippen LogP contribution in [-0.4, -0.2) is 35.9 Å². The van der Waals surface area contributed by atoms with Crippen molar-refractivity contribution in [3.05, 3.63) is 15.6 Å². The first-order valence-electron chi connectivity index (χ1n) is 6.64. The zero-order chi connectivity index (χ0) is 13.8. The number of piperidine rings is 1. The molecular weight excluding hydrogens is 260 g/mol. The average molecular weight is 282 g/mol. The Kier molecular flexibility index (Phi) is 4.90. The zero-order valence-corrected chi connectivity index (χ0v) is 12.4. The molecule has 1 aliphatic rings. The minimum absolute atomic E-state index is 0.0862. The van der Waals surface area contributed by atoms with E-state index in [0.29, 0.717) is 6.61 Å². The molecule has 0 bridgehead atoms. The van der Waals surface area contributed by atoms with E-state index in [1.165, 1.54) is 24.2 Å². The highest BCUT2D eigenvalue weighted by Crippen LogP contribution is 2.23. The number of nitrogens with zero attached hydrogens (tertiary/aromatic N) is 2. The van der Waals surface area contributed by atoms with Gasteiger partial charge in [0.15, 0.2) is 0 Å². The minimum atomic E-state index is 0.0862. The average Bonchev–Trinajstić information content (AvgIpc) is 2.76. The largest absolute Gasteiger partial charge is 0.383 e. The molecule has 1 aromatic rings. The summed E-state index contributed by atoms with van der Waals surface area (Å²) in [6.45, 7) is 5.86. The van der Waals surface area contributed by atoms with E-state index in [9.17, 15) is 0 Å². The first-order valence-corrected chi connectivity index (χ1v) is 7.46. The summed E-state index contributed by atoms with van der Waals surface area (Å²) in [6, 6.07) is 0. The van der Waals surface area contributed by atoms with Crippen LogP contribution in [-0.2, 0) is 17.9 Å². The molecule has 1 saturated heterocycles. The Hall–Kier alpha value is -0.980. The summed E-state index contributed by atoms with van der Waals surface area (Å²) in [5.74, 6) is 0.924. The molecule has 0 amide bonds. The number of methoxy groups -OCH3 is 1. The Morgan fingerprint density at radius 3 is 2.79 bits per heavy atom. The molecule has 0 radical (unpaired) electrons. The van der Waals surface area contributed by atoms with E-state index in [1.54, 1.807) is 7.11 Å². The number of aromatic nitrogens is 1. The molecule has 3 N–H and O–H groups in total. The molecule has 0 saturated carbocycles. The number of rotatable bonds is 5. The van der Waals surface area contributed by atoms with Crippen molar-refractivity contribution in [3.63, 3.8) is 0 Å². The third-order valence-electron chi connectivity index (χ3n) is 3.50. The van der Waals surface area contributed by atoms with E-state index in [0.717, 1.165) is 41.1 Å². The summed E-state index contributed by atoms with van der Waals surface area (Å²) >= 11 is 1.52. The second kappa shape index (κ2) is 6.45. The second-order valence-corrected chi connectivity index (χ2v) is 6.27. The van der Waals surface area contributed by atoms with Gasteiger partial charge in [-0.1, -0.05) is 6.92 Å². The number of thiazole rings is 1. The third kappa shape index (κ3) is 3.75. The summed E-state index contributed by atoms with van der Waals surface area (Å²) in [7, 11) is 1.63. The predicted octanol–water partition coefficient (Wildman–Crippen LogP) is 1.81. The van der Waals surface area contributed by atoms with Crippen molar-refractivity contribution in [3.8, 4) is 0 Å². The first kappa shape index (κ1) is 14.4. The van der Waals surface area contributed by atoms with E-state index < -0.39 is 0 Å². The predicted molar refractivity (Wildman–Crippen MR) is 77.5 cm³/mol. The second-order valence-electron chi connectivity index (χ2n) is 5.19. The SMILES string of the molecule is COCc1nc(CN2CCC(C)CC2)sc1C(=N)N. The number of hydrogen-bond donors (Lipinski definition) is 2. The van der Waals surface area contributed by atoms with Gasteiger partial charge in [-0.3, -0.25) is 10.3 Å². The van der Waals surface area contributed by atoms with Crippen molar-refractivity contribution in [2.24, 2.45) is 11.7 Å². The van der Waals surface area contributed by atoms with Crippen LogP contribution in [0.2, 0.25) is 0 Å². The molecule has 1 aliphatic heterocycles. The van der Waals surface area contributed by atoms with Gasteiger partial charge in [0, 0.05) is 7.11 Å². The van der Waals surface area contributed by atoms with Crippen molar-refractivity contribution >= 4 is 17.2 Å². The van der Waals surface area contributed by atoms with Crippen molar-refractivity contribution in [1.29, 1.82) is 5.41 Å². The number of nitrogens with two attached hydrogens (primary N) is 1. The fourth-order valence-corrected chi connectivity index (χ4v) is 3.30. The van der Waals surface area contributed by atoms with Gasteiger partial charge >= 0.3 is 0 Å². The number of nitrogens with one attached hydrogen (secondary N) is 1. The van der Waals surface area contributed by atoms with Crippen LogP contribution < -0.4 is 5.73 Å². The van der Waals surface area contributed by atoms with Gasteiger partial charge in [0.25, 0.3) is 0 Å². The highest BCUT2D eigenvalue weighted by molar-refractivity contribution is 7.13. The molecule has 1 aromatic heterocycles. The van der Waals surface area contributed by atoms with Gasteiger partial charge in [0.1, 0.15) is 10.8 Å². The van der Waals surface area contributed by atoms with Crippen molar-refractivity contribution in [2.45, 2.75) is 32.9 Å². The Morgan fingerprint density at radius 1 is 1.53 bits per heavy atom. The molecular formula is C13H22N4OS. The topological polar surface area (TPSA) is 75.2 Å². The molecule has 0 atom stereocenters. The van der Waals surface area contributed by atoms with Gasteiger partial charge in [0.05, 0.1) is 23.7 Å². The van der Waals surface area contributed by atoms with Gasteiger partial charge in [-0.15, -0.1) is 11.3 Å². The van der Waals surface area contributed by atoms with Gasteiger partial charge in [0.2, 0.25) is 0 Å². The number of nitrogen functional groups attached to an aromatic ring is 1. The summed E-state index contributed by atoms with van der Waals surface area (Å²) in [4.78, 5) is 7.75. The summed E-state index contributed by atoms with van der Waals surface area (Å²) in [5, 5.41) is 8.63. The molecule has 6 heteroatoms. The van der Waals surface area contributed by atoms with Crippen LogP contribution in [0.1, 0.15) is 35.3 Å². The molecule has 2 heterocycles. The van der Waals surface area contributed by atoms with E-state index in [-0.39, 0.29) is 5.84 Å². The summed E-state index contributed by atoms with van der Waals surface area (Å²) in [5.41, 5.74) is 6.39. The van der Waals surface area contributed by atoms with Gasteiger partial charge < -0.3 is 10.5 Å². The van der Waals surface area contributed by atoms with Gasteiger partial charge in [-0.05, 0) is 31.8 Å². The van der Waals surface area contributed by atoms with Crippen LogP contribution in [0.3, 0.4) is 0 Å². The summed E-state index contributed by atoms with van der Waals surface area (Å²) < 4.78 is 5.11. The van der Waals surface area contributed by atoms with Gasteiger partial charge in [-0.25, -0.2) is 4.98 Å². The smallest absolute Gasteiger partial charge is 0.135 e. The molecule has 0 aliphatic carbocycles. The normalized spacial score (nSPS) is 17.8. The highest BCUT2D eigenvalue weighted by atomic mass is 32.1. The number of hydrogen-bond acceptors (Lipinski definition) is 5. The number of likely N-dealkylation sites (tertiary alicyclic amines) is 1. The number of amidine groups is 1. The van der Waals surface area contributed by atoms with E-state index in [4.69, 9.17) is 15.9 Å². The maximum Gasteiger partial charge on any atom is 0.135 e. The lowest BCUT2D eigenvalue weighted by atomic mass is 9.99. The molecule has 0 spiro atoms. The van der Waals surface area contributed by atoms with Crippen molar-refractivity contribution < 1.29 is 4.74 Å². The maximum absolute atomic E-state index is 7.59. The lowest BCUT2D eigenvalue weighted by molar-refractivity contribution is 0.178. The van der Waals surface area contributed by atoms with Crippen molar-refractivity contribution in [1.82, 2.24) is 9.88 Å². The quantitative estimate of drug-likeness (QED) is 0.638. The maximum atomic E-state index is 7.59. The van der Waals surface area contributed by atoms with E-state index in [1.807, 2.05) is 0 Å². The molecule has 1 fully saturated rings. The van der Waals surface area contributed by atoms with Crippen LogP contribution in [0.5, 0.6) is 0 Å². The molecule has 0 unspecified atom stereocenters.